The molecule has 0 saturated carbocycles. The summed E-state index contributed by atoms with van der Waals surface area (Å²) in [6.45, 7) is 0. The lowest BCUT2D eigenvalue weighted by molar-refractivity contribution is -0.110. The summed E-state index contributed by atoms with van der Waals surface area (Å²) in [6.07, 6.45) is 8.72. The van der Waals surface area contributed by atoms with Crippen molar-refractivity contribution in [2.75, 3.05) is 30.2 Å². The zero-order valence-electron chi connectivity index (χ0n) is 18.6. The molecule has 0 N–H and O–H groups in total. The molecule has 0 aromatic heterocycles. The zero-order chi connectivity index (χ0) is 22.8. The van der Waals surface area contributed by atoms with Crippen LogP contribution in [0.2, 0.25) is 0 Å². The first kappa shape index (κ1) is 23.1. The van der Waals surface area contributed by atoms with Gasteiger partial charge in [-0.05, 0) is 54.3 Å². The molecule has 0 radical (unpaired) electrons. The summed E-state index contributed by atoms with van der Waals surface area (Å²) in [7, 11) is 4.00. The molecule has 0 unspecified atom stereocenters. The van der Waals surface area contributed by atoms with Crippen LogP contribution in [0.5, 0.6) is 0 Å². The minimum Gasteiger partial charge on any atom is -0.378 e. The van der Waals surface area contributed by atoms with Crippen LogP contribution in [0.3, 0.4) is 0 Å². The van der Waals surface area contributed by atoms with Crippen LogP contribution >= 0.6 is 11.8 Å². The van der Waals surface area contributed by atoms with E-state index in [0.29, 0.717) is 0 Å². The Morgan fingerprint density at radius 1 is 0.812 bits per heavy atom. The first-order valence-corrected chi connectivity index (χ1v) is 11.5. The number of thioether (sulfide) groups is 1. The van der Waals surface area contributed by atoms with E-state index in [1.807, 2.05) is 121 Å². The maximum atomic E-state index is 12.5. The molecule has 0 atom stereocenters. The predicted octanol–water partition coefficient (Wildman–Crippen LogP) is 6.41. The Morgan fingerprint density at radius 2 is 1.44 bits per heavy atom. The number of anilines is 2. The lowest BCUT2D eigenvalue weighted by atomic mass is 10.1. The molecule has 0 saturated heterocycles. The molecule has 0 heterocycles. The van der Waals surface area contributed by atoms with Crippen LogP contribution in [-0.4, -0.2) is 31.3 Å². The van der Waals surface area contributed by atoms with Crippen LogP contribution in [0.4, 0.5) is 17.1 Å². The lowest BCUT2D eigenvalue weighted by Gasteiger charge is -2.21. The van der Waals surface area contributed by atoms with Crippen LogP contribution in [0, 0.1) is 0 Å². The van der Waals surface area contributed by atoms with Crippen LogP contribution in [0.1, 0.15) is 5.56 Å². The molecule has 32 heavy (non-hydrogen) atoms. The highest BCUT2D eigenvalue weighted by Gasteiger charge is 2.11. The second-order valence-corrected chi connectivity index (χ2v) is 7.95. The number of carbonyl (C=O) groups excluding carboxylic acids is 1. The third kappa shape index (κ3) is 6.72. The third-order valence-corrected chi connectivity index (χ3v) is 5.29. The number of carbonyl (C=O) groups is 1. The monoisotopic (exact) mass is 441 g/mol. The van der Waals surface area contributed by atoms with Gasteiger partial charge in [0.1, 0.15) is 0 Å². The molecule has 4 nitrogen and oxygen atoms in total. The van der Waals surface area contributed by atoms with Gasteiger partial charge in [0.25, 0.3) is 0 Å². The van der Waals surface area contributed by atoms with Crippen molar-refractivity contribution < 1.29 is 4.79 Å². The molecule has 3 aromatic carbocycles. The minimum absolute atomic E-state index is 0.0946. The van der Waals surface area contributed by atoms with E-state index >= 15 is 0 Å². The average Bonchev–Trinajstić information content (AvgIpc) is 2.83. The van der Waals surface area contributed by atoms with Crippen molar-refractivity contribution in [3.8, 4) is 0 Å². The number of nitrogens with zero attached hydrogens (tertiary/aromatic N) is 3. The molecule has 0 fully saturated rings. The maximum absolute atomic E-state index is 12.5. The van der Waals surface area contributed by atoms with Gasteiger partial charge in [-0.1, -0.05) is 66.4 Å². The highest BCUT2D eigenvalue weighted by Crippen LogP contribution is 2.22. The van der Waals surface area contributed by atoms with Crippen molar-refractivity contribution in [2.24, 2.45) is 4.99 Å². The first-order chi connectivity index (χ1) is 15.6. The van der Waals surface area contributed by atoms with Gasteiger partial charge in [0.05, 0.1) is 5.69 Å². The second-order valence-electron chi connectivity index (χ2n) is 7.18. The van der Waals surface area contributed by atoms with Crippen LogP contribution < -0.4 is 9.80 Å². The number of ketones is 1. The van der Waals surface area contributed by atoms with Gasteiger partial charge in [0.2, 0.25) is 0 Å². The smallest absolute Gasteiger partial charge is 0.180 e. The molecule has 3 rings (SSSR count). The molecule has 0 amide bonds. The summed E-state index contributed by atoms with van der Waals surface area (Å²) in [4.78, 5) is 21.3. The topological polar surface area (TPSA) is 35.9 Å². The van der Waals surface area contributed by atoms with Gasteiger partial charge in [-0.15, -0.1) is 0 Å². The highest BCUT2D eigenvalue weighted by atomic mass is 32.2. The molecule has 0 spiro atoms. The fourth-order valence-corrected chi connectivity index (χ4v) is 3.48. The van der Waals surface area contributed by atoms with Crippen molar-refractivity contribution in [1.29, 1.82) is 0 Å². The van der Waals surface area contributed by atoms with Gasteiger partial charge in [-0.3, -0.25) is 9.69 Å². The molecule has 0 aliphatic heterocycles. The fourth-order valence-electron chi connectivity index (χ4n) is 2.93. The summed E-state index contributed by atoms with van der Waals surface area (Å²) in [5, 5.41) is 0.773. The number of amidine groups is 1. The number of benzene rings is 3. The lowest BCUT2D eigenvalue weighted by Crippen LogP contribution is -2.22. The van der Waals surface area contributed by atoms with E-state index in [1.165, 1.54) is 11.8 Å². The third-order valence-electron chi connectivity index (χ3n) is 4.64. The van der Waals surface area contributed by atoms with E-state index < -0.39 is 0 Å². The molecule has 5 heteroatoms. The Bertz CT molecular complexity index is 1090. The normalized spacial score (nSPS) is 11.8. The van der Waals surface area contributed by atoms with Crippen molar-refractivity contribution in [2.45, 2.75) is 0 Å². The van der Waals surface area contributed by atoms with Gasteiger partial charge in [0.15, 0.2) is 11.0 Å². The summed E-state index contributed by atoms with van der Waals surface area (Å²) in [5.74, 6) is -0.0946. The molecule has 0 bridgehead atoms. The fraction of sp³-hybridized carbons (Fsp3) is 0.111. The SMILES string of the molecule is CSC(=Nc1ccccc1)N(/C=C/C(=O)/C=C/c1ccc(N(C)C)cc1)c1ccccc1. The molecule has 162 valence electrons. The predicted molar refractivity (Wildman–Crippen MR) is 140 cm³/mol. The number of aliphatic imine (C=N–C) groups is 1. The molecular formula is C27H27N3OS. The number of rotatable bonds is 7. The van der Waals surface area contributed by atoms with E-state index in [4.69, 9.17) is 4.99 Å². The second kappa shape index (κ2) is 11.7. The number of para-hydroxylation sites is 2. The zero-order valence-corrected chi connectivity index (χ0v) is 19.4. The quantitative estimate of drug-likeness (QED) is 0.241. The standard InChI is InChI=1S/C27H27N3OS/c1-29(2)24-17-14-22(15-18-24)16-19-26(31)20-21-30(25-12-8-5-9-13-25)27(32-3)28-23-10-6-4-7-11-23/h4-21H,1-3H3/b19-16+,21-20+,28-27?. The van der Waals surface area contributed by atoms with Crippen LogP contribution in [0.15, 0.2) is 108 Å². The molecular weight excluding hydrogens is 414 g/mol. The molecule has 0 aliphatic rings. The number of allylic oxidation sites excluding steroid dienone is 2. The van der Waals surface area contributed by atoms with Crippen molar-refractivity contribution in [3.63, 3.8) is 0 Å². The maximum Gasteiger partial charge on any atom is 0.180 e. The highest BCUT2D eigenvalue weighted by molar-refractivity contribution is 8.13. The Hall–Kier alpha value is -3.57. The largest absolute Gasteiger partial charge is 0.378 e. The van der Waals surface area contributed by atoms with Gasteiger partial charge in [-0.2, -0.15) is 0 Å². The summed E-state index contributed by atoms with van der Waals surface area (Å²) < 4.78 is 0. The van der Waals surface area contributed by atoms with Gasteiger partial charge < -0.3 is 4.90 Å². The van der Waals surface area contributed by atoms with Crippen molar-refractivity contribution in [3.05, 3.63) is 109 Å². The average molecular weight is 442 g/mol. The van der Waals surface area contributed by atoms with E-state index in [9.17, 15) is 4.79 Å². The Kier molecular flexibility index (Phi) is 8.46. The van der Waals surface area contributed by atoms with Crippen LogP contribution in [0.25, 0.3) is 6.08 Å². The Labute approximate surface area is 194 Å². The Morgan fingerprint density at radius 3 is 2.03 bits per heavy atom. The molecule has 3 aromatic rings. The van der Waals surface area contributed by atoms with Crippen molar-refractivity contribution in [1.82, 2.24) is 0 Å². The minimum atomic E-state index is -0.0946. The Balaban J connectivity index is 1.81. The summed E-state index contributed by atoms with van der Waals surface area (Å²) in [6, 6.07) is 27.7. The van der Waals surface area contributed by atoms with Crippen molar-refractivity contribution >= 4 is 45.9 Å². The number of hydrogen-bond acceptors (Lipinski definition) is 4. The number of hydrogen-bond donors (Lipinski definition) is 0. The van der Waals surface area contributed by atoms with E-state index in [1.54, 1.807) is 18.4 Å². The van der Waals surface area contributed by atoms with E-state index in [2.05, 4.69) is 0 Å². The molecule has 0 aliphatic carbocycles. The summed E-state index contributed by atoms with van der Waals surface area (Å²) >= 11 is 1.52. The van der Waals surface area contributed by atoms with Crippen LogP contribution in [-0.2, 0) is 4.79 Å². The van der Waals surface area contributed by atoms with Gasteiger partial charge in [-0.25, -0.2) is 4.99 Å². The van der Waals surface area contributed by atoms with E-state index in [0.717, 1.165) is 27.8 Å². The van der Waals surface area contributed by atoms with Gasteiger partial charge in [0, 0.05) is 37.7 Å². The van der Waals surface area contributed by atoms with Gasteiger partial charge >= 0.3 is 0 Å². The summed E-state index contributed by atoms with van der Waals surface area (Å²) in [5.41, 5.74) is 3.89. The first-order valence-electron chi connectivity index (χ1n) is 10.3. The van der Waals surface area contributed by atoms with E-state index in [-0.39, 0.29) is 5.78 Å².